The Kier molecular flexibility index (Phi) is 8.62. The Bertz CT molecular complexity index is 1350. The number of fused-ring (bicyclic) bond motifs is 2. The molecule has 2 amide bonds. The molecule has 3 aliphatic heterocycles. The number of carbonyl (C=O) groups is 3. The minimum atomic E-state index is -0.706. The van der Waals surface area contributed by atoms with Crippen LogP contribution in [0.25, 0.3) is 10.8 Å². The predicted octanol–water partition coefficient (Wildman–Crippen LogP) is 5.12. The molecule has 2 unspecified atom stereocenters. The SMILES string of the molecule is C=CCOC(=O)[C@H]1[C@H]2C(=O)N(CCCCCCO)C(C(=O)N(CC=C)c3ccc4ccccc4c3)C23CC[C@]1(C)S3. The van der Waals surface area contributed by atoms with Gasteiger partial charge in [-0.1, -0.05) is 61.9 Å². The quantitative estimate of drug-likeness (QED) is 0.202. The van der Waals surface area contributed by atoms with E-state index in [1.165, 1.54) is 6.08 Å². The van der Waals surface area contributed by atoms with Crippen molar-refractivity contribution in [2.45, 2.75) is 61.0 Å². The number of aliphatic hydroxyl groups is 1. The van der Waals surface area contributed by atoms with Crippen LogP contribution in [0.1, 0.15) is 45.4 Å². The van der Waals surface area contributed by atoms with Gasteiger partial charge in [-0.15, -0.1) is 18.3 Å². The molecule has 8 heteroatoms. The lowest BCUT2D eigenvalue weighted by molar-refractivity contribution is -0.154. The molecule has 3 saturated heterocycles. The summed E-state index contributed by atoms with van der Waals surface area (Å²) in [6, 6.07) is 13.3. The van der Waals surface area contributed by atoms with Crippen LogP contribution in [0.3, 0.4) is 0 Å². The van der Waals surface area contributed by atoms with Gasteiger partial charge in [-0.3, -0.25) is 14.4 Å². The van der Waals surface area contributed by atoms with Crippen molar-refractivity contribution in [3.63, 3.8) is 0 Å². The van der Waals surface area contributed by atoms with E-state index in [2.05, 4.69) is 13.2 Å². The van der Waals surface area contributed by atoms with Crippen LogP contribution in [0, 0.1) is 11.8 Å². The number of esters is 1. The van der Waals surface area contributed by atoms with Gasteiger partial charge in [0.15, 0.2) is 0 Å². The molecule has 5 rings (SSSR count). The van der Waals surface area contributed by atoms with Crippen LogP contribution in [0.5, 0.6) is 0 Å². The largest absolute Gasteiger partial charge is 0.461 e. The first-order valence-corrected chi connectivity index (χ1v) is 15.4. The molecule has 3 fully saturated rings. The third kappa shape index (κ3) is 5.10. The van der Waals surface area contributed by atoms with E-state index in [0.29, 0.717) is 25.9 Å². The standard InChI is InChI=1S/C33H40N2O5S/c1-4-18-34(25-15-14-23-12-8-9-13-24(23)22-25)30(38)28-33-17-16-32(3,41-33)27(31(39)40-21-5-2)26(33)29(37)35(28)19-10-6-7-11-20-36/h4-5,8-9,12-15,22,26-28,36H,1-2,6-7,10-11,16-21H2,3H3/t26-,27+,28?,32-,33?/m0/s1. The molecule has 0 saturated carbocycles. The number of nitrogens with zero attached hydrogens (tertiary/aromatic N) is 2. The van der Waals surface area contributed by atoms with Gasteiger partial charge in [0.25, 0.3) is 5.91 Å². The monoisotopic (exact) mass is 576 g/mol. The maximum Gasteiger partial charge on any atom is 0.311 e. The molecule has 2 bridgehead atoms. The number of unbranched alkanes of at least 4 members (excludes halogenated alkanes) is 3. The number of hydrogen-bond donors (Lipinski definition) is 1. The number of anilines is 1. The molecule has 0 radical (unpaired) electrons. The minimum Gasteiger partial charge on any atom is -0.461 e. The molecule has 41 heavy (non-hydrogen) atoms. The van der Waals surface area contributed by atoms with Crippen molar-refractivity contribution in [1.29, 1.82) is 0 Å². The van der Waals surface area contributed by atoms with Gasteiger partial charge in [-0.2, -0.15) is 0 Å². The Hall–Kier alpha value is -3.10. The van der Waals surface area contributed by atoms with Crippen molar-refractivity contribution in [2.24, 2.45) is 11.8 Å². The zero-order valence-electron chi connectivity index (χ0n) is 23.8. The summed E-state index contributed by atoms with van der Waals surface area (Å²) in [5.74, 6) is -1.87. The average molecular weight is 577 g/mol. The van der Waals surface area contributed by atoms with Crippen LogP contribution in [0.15, 0.2) is 67.8 Å². The summed E-state index contributed by atoms with van der Waals surface area (Å²) in [4.78, 5) is 45.9. The highest BCUT2D eigenvalue weighted by molar-refractivity contribution is 8.02. The van der Waals surface area contributed by atoms with E-state index in [-0.39, 0.29) is 31.0 Å². The summed E-state index contributed by atoms with van der Waals surface area (Å²) in [7, 11) is 0. The lowest BCUT2D eigenvalue weighted by Crippen LogP contribution is -2.55. The van der Waals surface area contributed by atoms with Gasteiger partial charge in [0.2, 0.25) is 5.91 Å². The topological polar surface area (TPSA) is 87.1 Å². The number of rotatable bonds is 13. The van der Waals surface area contributed by atoms with E-state index in [1.54, 1.807) is 27.6 Å². The van der Waals surface area contributed by atoms with Crippen molar-refractivity contribution in [2.75, 3.05) is 31.2 Å². The lowest BCUT2D eigenvalue weighted by atomic mass is 9.66. The number of hydrogen-bond acceptors (Lipinski definition) is 6. The van der Waals surface area contributed by atoms with Gasteiger partial charge in [-0.05, 0) is 55.5 Å². The number of likely N-dealkylation sites (tertiary alicyclic amines) is 1. The van der Waals surface area contributed by atoms with E-state index in [4.69, 9.17) is 4.74 Å². The molecule has 218 valence electrons. The number of ether oxygens (including phenoxy) is 1. The molecule has 2 aromatic carbocycles. The highest BCUT2D eigenvalue weighted by atomic mass is 32.2. The first-order chi connectivity index (χ1) is 19.8. The Morgan fingerprint density at radius 1 is 1.10 bits per heavy atom. The van der Waals surface area contributed by atoms with Gasteiger partial charge >= 0.3 is 5.97 Å². The Labute approximate surface area is 246 Å². The molecule has 2 aromatic rings. The van der Waals surface area contributed by atoms with Crippen molar-refractivity contribution in [1.82, 2.24) is 4.90 Å². The van der Waals surface area contributed by atoms with Crippen molar-refractivity contribution >= 4 is 46.0 Å². The fourth-order valence-corrected chi connectivity index (χ4v) is 9.56. The molecular formula is C33H40N2O5S. The lowest BCUT2D eigenvalue weighted by Gasteiger charge is -2.37. The first-order valence-electron chi connectivity index (χ1n) is 14.6. The summed E-state index contributed by atoms with van der Waals surface area (Å²) < 4.78 is 4.34. The minimum absolute atomic E-state index is 0.0933. The Balaban J connectivity index is 1.53. The second-order valence-electron chi connectivity index (χ2n) is 11.6. The first kappa shape index (κ1) is 29.4. The highest BCUT2D eigenvalue weighted by Gasteiger charge is 2.77. The van der Waals surface area contributed by atoms with Gasteiger partial charge in [0.05, 0.1) is 16.6 Å². The number of carbonyl (C=O) groups excluding carboxylic acids is 3. The summed E-state index contributed by atoms with van der Waals surface area (Å²) in [5.41, 5.74) is 0.759. The fourth-order valence-electron chi connectivity index (χ4n) is 7.23. The summed E-state index contributed by atoms with van der Waals surface area (Å²) in [6.07, 6.45) is 7.82. The molecule has 7 nitrogen and oxygen atoms in total. The van der Waals surface area contributed by atoms with Crippen molar-refractivity contribution < 1.29 is 24.2 Å². The zero-order valence-corrected chi connectivity index (χ0v) is 24.6. The van der Waals surface area contributed by atoms with Gasteiger partial charge < -0.3 is 19.6 Å². The second kappa shape index (κ2) is 12.0. The van der Waals surface area contributed by atoms with E-state index in [0.717, 1.165) is 42.1 Å². The number of thioether (sulfide) groups is 1. The van der Waals surface area contributed by atoms with E-state index < -0.39 is 27.4 Å². The second-order valence-corrected chi connectivity index (χ2v) is 13.5. The predicted molar refractivity (Wildman–Crippen MR) is 164 cm³/mol. The molecule has 1 spiro atoms. The Morgan fingerprint density at radius 2 is 1.85 bits per heavy atom. The maximum absolute atomic E-state index is 14.7. The van der Waals surface area contributed by atoms with Crippen LogP contribution in [-0.2, 0) is 19.1 Å². The van der Waals surface area contributed by atoms with Crippen molar-refractivity contribution in [3.8, 4) is 0 Å². The Morgan fingerprint density at radius 3 is 2.59 bits per heavy atom. The van der Waals surface area contributed by atoms with Gasteiger partial charge in [-0.25, -0.2) is 0 Å². The maximum atomic E-state index is 14.7. The molecular weight excluding hydrogens is 536 g/mol. The van der Waals surface area contributed by atoms with E-state index in [1.807, 2.05) is 49.4 Å². The summed E-state index contributed by atoms with van der Waals surface area (Å²) >= 11 is 1.65. The zero-order chi connectivity index (χ0) is 29.2. The van der Waals surface area contributed by atoms with Crippen LogP contribution in [0.4, 0.5) is 5.69 Å². The number of benzene rings is 2. The molecule has 5 atom stereocenters. The number of amides is 2. The van der Waals surface area contributed by atoms with Crippen LogP contribution < -0.4 is 4.90 Å². The average Bonchev–Trinajstić information content (AvgIpc) is 3.54. The van der Waals surface area contributed by atoms with Crippen molar-refractivity contribution in [3.05, 3.63) is 67.8 Å². The van der Waals surface area contributed by atoms with E-state index >= 15 is 0 Å². The molecule has 3 aliphatic rings. The third-order valence-corrected chi connectivity index (χ3v) is 11.0. The molecule has 3 heterocycles. The molecule has 0 aliphatic carbocycles. The molecule has 0 aromatic heterocycles. The summed E-state index contributed by atoms with van der Waals surface area (Å²) in [5, 5.41) is 11.3. The smallest absolute Gasteiger partial charge is 0.311 e. The normalized spacial score (nSPS) is 28.1. The third-order valence-electron chi connectivity index (χ3n) is 9.04. The highest BCUT2D eigenvalue weighted by Crippen LogP contribution is 2.71. The summed E-state index contributed by atoms with van der Waals surface area (Å²) in [6.45, 7) is 10.6. The van der Waals surface area contributed by atoms with Crippen LogP contribution in [-0.4, -0.2) is 69.6 Å². The van der Waals surface area contributed by atoms with Gasteiger partial charge in [0.1, 0.15) is 12.6 Å². The van der Waals surface area contributed by atoms with Crippen LogP contribution >= 0.6 is 11.8 Å². The van der Waals surface area contributed by atoms with Crippen LogP contribution in [0.2, 0.25) is 0 Å². The fraction of sp³-hybridized carbons (Fsp3) is 0.485. The van der Waals surface area contributed by atoms with E-state index in [9.17, 15) is 19.5 Å². The number of aliphatic hydroxyl groups excluding tert-OH is 1. The van der Waals surface area contributed by atoms with Gasteiger partial charge in [0, 0.05) is 30.1 Å². The molecule has 1 N–H and O–H groups in total.